The molecule has 0 aromatic heterocycles. The predicted octanol–water partition coefficient (Wildman–Crippen LogP) is 2.64. The van der Waals surface area contributed by atoms with Crippen LogP contribution in [0.4, 0.5) is 0 Å². The van der Waals surface area contributed by atoms with Gasteiger partial charge in [0.2, 0.25) is 0 Å². The number of aliphatic carboxylic acids is 1. The van der Waals surface area contributed by atoms with Crippen molar-refractivity contribution in [3.8, 4) is 0 Å². The Kier molecular flexibility index (Phi) is 4.37. The molecular weight excluding hydrogens is 400 g/mol. The van der Waals surface area contributed by atoms with Crippen LogP contribution in [0.3, 0.4) is 0 Å². The molecule has 4 aliphatic carbocycles. The van der Waals surface area contributed by atoms with Gasteiger partial charge in [0.25, 0.3) is 0 Å². The normalized spacial score (nSPS) is 49.8. The molecule has 8 atom stereocenters. The zero-order chi connectivity index (χ0) is 22.4. The van der Waals surface area contributed by atoms with Gasteiger partial charge in [-0.3, -0.25) is 14.4 Å². The maximum absolute atomic E-state index is 13.0. The Hall–Kier alpha value is -1.73. The van der Waals surface area contributed by atoms with Crippen LogP contribution in [0.5, 0.6) is 0 Å². The number of carboxylic acids is 1. The van der Waals surface area contributed by atoms with Crippen LogP contribution in [0.15, 0.2) is 11.6 Å². The number of ketones is 1. The Morgan fingerprint density at radius 3 is 2.71 bits per heavy atom. The number of epoxide rings is 1. The van der Waals surface area contributed by atoms with E-state index in [2.05, 4.69) is 13.8 Å². The van der Waals surface area contributed by atoms with Crippen molar-refractivity contribution in [2.75, 3.05) is 7.11 Å². The minimum Gasteiger partial charge on any atom is -0.481 e. The smallest absolute Gasteiger partial charge is 0.309 e. The highest BCUT2D eigenvalue weighted by atomic mass is 16.6. The van der Waals surface area contributed by atoms with Gasteiger partial charge in [-0.2, -0.15) is 0 Å². The summed E-state index contributed by atoms with van der Waals surface area (Å²) in [5.74, 6) is -1.60. The number of fused-ring (bicyclic) bond motifs is 3. The third-order valence-electron chi connectivity index (χ3n) is 9.95. The summed E-state index contributed by atoms with van der Waals surface area (Å²) in [6.07, 6.45) is 5.35. The van der Waals surface area contributed by atoms with Crippen LogP contribution in [0, 0.1) is 28.6 Å². The van der Waals surface area contributed by atoms with Gasteiger partial charge >= 0.3 is 11.9 Å². The third-order valence-corrected chi connectivity index (χ3v) is 9.95. The molecule has 1 saturated heterocycles. The Balaban J connectivity index is 1.59. The number of rotatable bonds is 4. The van der Waals surface area contributed by atoms with Gasteiger partial charge in [-0.25, -0.2) is 0 Å². The fraction of sp³-hybridized carbons (Fsp3) is 0.792. The summed E-state index contributed by atoms with van der Waals surface area (Å²) in [4.78, 5) is 36.4. The van der Waals surface area contributed by atoms with Gasteiger partial charge in [-0.15, -0.1) is 0 Å². The Morgan fingerprint density at radius 2 is 2.03 bits per heavy atom. The van der Waals surface area contributed by atoms with Crippen LogP contribution in [-0.4, -0.2) is 52.4 Å². The lowest BCUT2D eigenvalue weighted by atomic mass is 9.43. The van der Waals surface area contributed by atoms with Gasteiger partial charge < -0.3 is 19.7 Å². The fourth-order valence-electron chi connectivity index (χ4n) is 8.22. The van der Waals surface area contributed by atoms with E-state index in [1.165, 1.54) is 7.11 Å². The van der Waals surface area contributed by atoms with E-state index in [4.69, 9.17) is 9.47 Å². The summed E-state index contributed by atoms with van der Waals surface area (Å²) in [6.45, 7) is 4.24. The van der Waals surface area contributed by atoms with E-state index in [0.717, 1.165) is 12.0 Å². The molecule has 3 saturated carbocycles. The zero-order valence-corrected chi connectivity index (χ0v) is 18.5. The highest BCUT2D eigenvalue weighted by Crippen LogP contribution is 2.77. The van der Waals surface area contributed by atoms with Crippen molar-refractivity contribution < 1.29 is 34.1 Å². The number of ether oxygens (including phenoxy) is 2. The summed E-state index contributed by atoms with van der Waals surface area (Å²) in [5, 5.41) is 20.9. The quantitative estimate of drug-likeness (QED) is 0.519. The number of hydrogen-bond acceptors (Lipinski definition) is 6. The van der Waals surface area contributed by atoms with E-state index in [1.807, 2.05) is 0 Å². The molecule has 0 aromatic rings. The maximum Gasteiger partial charge on any atom is 0.309 e. The van der Waals surface area contributed by atoms with Gasteiger partial charge in [0.15, 0.2) is 5.78 Å². The molecule has 0 aromatic carbocycles. The molecule has 0 bridgehead atoms. The van der Waals surface area contributed by atoms with Crippen molar-refractivity contribution in [2.45, 2.75) is 82.5 Å². The molecular formula is C24H32O7. The lowest BCUT2D eigenvalue weighted by molar-refractivity contribution is -0.163. The highest BCUT2D eigenvalue weighted by molar-refractivity contribution is 5.92. The second-order valence-electron chi connectivity index (χ2n) is 10.9. The molecule has 7 nitrogen and oxygen atoms in total. The summed E-state index contributed by atoms with van der Waals surface area (Å²) >= 11 is 0. The Bertz CT molecular complexity index is 894. The van der Waals surface area contributed by atoms with E-state index in [1.54, 1.807) is 6.08 Å². The predicted molar refractivity (Wildman–Crippen MR) is 109 cm³/mol. The van der Waals surface area contributed by atoms with Crippen molar-refractivity contribution in [1.29, 1.82) is 0 Å². The molecule has 3 unspecified atom stereocenters. The van der Waals surface area contributed by atoms with Crippen LogP contribution in [-0.2, 0) is 23.9 Å². The molecule has 2 N–H and O–H groups in total. The van der Waals surface area contributed by atoms with Crippen molar-refractivity contribution in [2.24, 2.45) is 28.6 Å². The van der Waals surface area contributed by atoms with Crippen LogP contribution in [0.25, 0.3) is 0 Å². The molecule has 5 rings (SSSR count). The summed E-state index contributed by atoms with van der Waals surface area (Å²) in [6, 6.07) is 0. The van der Waals surface area contributed by atoms with Crippen LogP contribution in [0.2, 0.25) is 0 Å². The number of carboxylic acid groups (broad SMARTS) is 1. The van der Waals surface area contributed by atoms with Crippen molar-refractivity contribution in [1.82, 2.24) is 0 Å². The average molecular weight is 433 g/mol. The SMILES string of the molecule is COC(=O)[C@@H]1CC2=CC(=O)CC[C@]2(C)C23O[C@H]2C[C@@]2(C)C(CC[C@]2(O)CCC(=O)O)C13. The molecule has 1 heterocycles. The lowest BCUT2D eigenvalue weighted by Crippen LogP contribution is -2.63. The maximum atomic E-state index is 13.0. The minimum absolute atomic E-state index is 0.0325. The average Bonchev–Trinajstić information content (AvgIpc) is 3.38. The second kappa shape index (κ2) is 6.41. The van der Waals surface area contributed by atoms with Gasteiger partial charge in [-0.05, 0) is 50.5 Å². The van der Waals surface area contributed by atoms with Gasteiger partial charge in [0.1, 0.15) is 5.60 Å². The molecule has 170 valence electrons. The fourth-order valence-corrected chi connectivity index (χ4v) is 8.22. The number of esters is 1. The van der Waals surface area contributed by atoms with Gasteiger partial charge in [-0.1, -0.05) is 19.4 Å². The highest BCUT2D eigenvalue weighted by Gasteiger charge is 2.82. The van der Waals surface area contributed by atoms with Crippen LogP contribution in [0.1, 0.15) is 65.2 Å². The Morgan fingerprint density at radius 1 is 1.29 bits per heavy atom. The number of aliphatic hydroxyl groups is 1. The first-order valence-corrected chi connectivity index (χ1v) is 11.5. The largest absolute Gasteiger partial charge is 0.481 e. The van der Waals surface area contributed by atoms with Crippen molar-refractivity contribution >= 4 is 17.7 Å². The first-order chi connectivity index (χ1) is 14.5. The van der Waals surface area contributed by atoms with Crippen molar-refractivity contribution in [3.05, 3.63) is 11.6 Å². The van der Waals surface area contributed by atoms with E-state index < -0.39 is 28.5 Å². The molecule has 7 heteroatoms. The van der Waals surface area contributed by atoms with E-state index >= 15 is 0 Å². The first-order valence-electron chi connectivity index (χ1n) is 11.5. The standard InChI is InChI=1S/C24H32O7/c1-21-7-4-14(25)10-13(21)11-15(20(28)30-3)19-16-5-8-23(29,9-6-18(26)27)22(16,2)12-17-24(19,21)31-17/h10,15-17,19,29H,4-9,11-12H2,1-3H3,(H,26,27)/t15-,16?,17+,19?,21+,22+,23+,24?/m1/s1. The third kappa shape index (κ3) is 2.50. The summed E-state index contributed by atoms with van der Waals surface area (Å²) in [7, 11) is 1.40. The summed E-state index contributed by atoms with van der Waals surface area (Å²) < 4.78 is 11.7. The van der Waals surface area contributed by atoms with E-state index in [-0.39, 0.29) is 47.9 Å². The molecule has 4 fully saturated rings. The molecule has 1 spiro atoms. The lowest BCUT2D eigenvalue weighted by Gasteiger charge is -2.58. The summed E-state index contributed by atoms with van der Waals surface area (Å²) in [5.41, 5.74) is -1.43. The number of hydrogen-bond donors (Lipinski definition) is 2. The topological polar surface area (TPSA) is 113 Å². The molecule has 0 radical (unpaired) electrons. The molecule has 0 amide bonds. The number of carbonyl (C=O) groups is 3. The molecule has 31 heavy (non-hydrogen) atoms. The second-order valence-corrected chi connectivity index (χ2v) is 10.9. The minimum atomic E-state index is -1.09. The number of carbonyl (C=O) groups excluding carboxylic acids is 2. The van der Waals surface area contributed by atoms with Gasteiger partial charge in [0, 0.05) is 29.6 Å². The monoisotopic (exact) mass is 432 g/mol. The van der Waals surface area contributed by atoms with Crippen molar-refractivity contribution in [3.63, 3.8) is 0 Å². The Labute approximate surface area is 182 Å². The van der Waals surface area contributed by atoms with E-state index in [0.29, 0.717) is 32.1 Å². The number of methoxy groups -OCH3 is 1. The zero-order valence-electron chi connectivity index (χ0n) is 18.5. The van der Waals surface area contributed by atoms with Crippen LogP contribution < -0.4 is 0 Å². The van der Waals surface area contributed by atoms with Crippen LogP contribution >= 0.6 is 0 Å². The first kappa shape index (κ1) is 21.1. The van der Waals surface area contributed by atoms with E-state index in [9.17, 15) is 24.6 Å². The molecule has 1 aliphatic heterocycles. The van der Waals surface area contributed by atoms with Gasteiger partial charge in [0.05, 0.1) is 24.7 Å². The molecule has 5 aliphatic rings.